The molecule has 2 amide bonds. The second kappa shape index (κ2) is 7.44. The highest BCUT2D eigenvalue weighted by atomic mass is 35.5. The topological polar surface area (TPSA) is 71.1 Å². The van der Waals surface area contributed by atoms with Crippen molar-refractivity contribution in [3.05, 3.63) is 57.8 Å². The fourth-order valence-electron chi connectivity index (χ4n) is 1.84. The summed E-state index contributed by atoms with van der Waals surface area (Å²) in [4.78, 5) is 28.3. The lowest BCUT2D eigenvalue weighted by Crippen LogP contribution is -2.30. The normalized spacial score (nSPS) is 10.5. The lowest BCUT2D eigenvalue weighted by Gasteiger charge is -2.10. The SMILES string of the molecule is CC(C)NC(=O)c1ccnc(C(=O)Nc2c(Cl)cccc2Cl)c1. The van der Waals surface area contributed by atoms with E-state index in [1.165, 1.54) is 18.3 Å². The molecule has 1 heterocycles. The number of anilines is 1. The third-order valence-electron chi connectivity index (χ3n) is 2.88. The van der Waals surface area contributed by atoms with Crippen LogP contribution < -0.4 is 10.6 Å². The van der Waals surface area contributed by atoms with Crippen LogP contribution in [0.15, 0.2) is 36.5 Å². The minimum Gasteiger partial charge on any atom is -0.350 e. The van der Waals surface area contributed by atoms with Gasteiger partial charge in [-0.05, 0) is 38.1 Å². The van der Waals surface area contributed by atoms with Crippen LogP contribution in [0.1, 0.15) is 34.7 Å². The van der Waals surface area contributed by atoms with Gasteiger partial charge in [-0.15, -0.1) is 0 Å². The van der Waals surface area contributed by atoms with E-state index in [9.17, 15) is 9.59 Å². The van der Waals surface area contributed by atoms with E-state index in [1.807, 2.05) is 13.8 Å². The largest absolute Gasteiger partial charge is 0.350 e. The maximum atomic E-state index is 12.3. The fourth-order valence-corrected chi connectivity index (χ4v) is 2.33. The molecule has 0 aliphatic heterocycles. The molecule has 2 N–H and O–H groups in total. The first-order valence-electron chi connectivity index (χ1n) is 6.90. The Hall–Kier alpha value is -2.11. The molecule has 2 rings (SSSR count). The molecule has 7 heteroatoms. The summed E-state index contributed by atoms with van der Waals surface area (Å²) >= 11 is 12.0. The second-order valence-corrected chi connectivity index (χ2v) is 5.92. The number of aromatic nitrogens is 1. The van der Waals surface area contributed by atoms with Crippen LogP contribution in [0, 0.1) is 0 Å². The van der Waals surface area contributed by atoms with E-state index < -0.39 is 5.91 Å². The lowest BCUT2D eigenvalue weighted by molar-refractivity contribution is 0.0943. The van der Waals surface area contributed by atoms with Crippen LogP contribution in [-0.2, 0) is 0 Å². The summed E-state index contributed by atoms with van der Waals surface area (Å²) in [5.74, 6) is -0.772. The number of benzene rings is 1. The summed E-state index contributed by atoms with van der Waals surface area (Å²) in [7, 11) is 0. The predicted molar refractivity (Wildman–Crippen MR) is 91.3 cm³/mol. The number of halogens is 2. The lowest BCUT2D eigenvalue weighted by atomic mass is 10.2. The van der Waals surface area contributed by atoms with Crippen LogP contribution in [0.4, 0.5) is 5.69 Å². The zero-order chi connectivity index (χ0) is 17.0. The zero-order valence-electron chi connectivity index (χ0n) is 12.6. The zero-order valence-corrected chi connectivity index (χ0v) is 14.1. The van der Waals surface area contributed by atoms with Crippen molar-refractivity contribution in [3.8, 4) is 0 Å². The minimum absolute atomic E-state index is 0.00475. The van der Waals surface area contributed by atoms with E-state index in [0.717, 1.165) is 0 Å². The van der Waals surface area contributed by atoms with Crippen LogP contribution in [0.25, 0.3) is 0 Å². The fraction of sp³-hybridized carbons (Fsp3) is 0.188. The molecule has 0 radical (unpaired) electrons. The molecule has 0 aliphatic carbocycles. The first-order chi connectivity index (χ1) is 10.9. The predicted octanol–water partition coefficient (Wildman–Crippen LogP) is 3.78. The van der Waals surface area contributed by atoms with Crippen LogP contribution in [-0.4, -0.2) is 22.8 Å². The van der Waals surface area contributed by atoms with E-state index in [0.29, 0.717) is 21.3 Å². The van der Waals surface area contributed by atoms with Gasteiger partial charge in [-0.25, -0.2) is 0 Å². The maximum absolute atomic E-state index is 12.3. The number of carbonyl (C=O) groups is 2. The standard InChI is InChI=1S/C16H15Cl2N3O2/c1-9(2)20-15(22)10-6-7-19-13(8-10)16(23)21-14-11(17)4-3-5-12(14)18/h3-9H,1-2H3,(H,20,22)(H,21,23). The molecule has 1 aromatic carbocycles. The summed E-state index contributed by atoms with van der Waals surface area (Å²) < 4.78 is 0. The van der Waals surface area contributed by atoms with Crippen molar-refractivity contribution >= 4 is 40.7 Å². The first kappa shape index (κ1) is 17.2. The summed E-state index contributed by atoms with van der Waals surface area (Å²) in [6, 6.07) is 7.85. The highest BCUT2D eigenvalue weighted by Crippen LogP contribution is 2.30. The Kier molecular flexibility index (Phi) is 5.58. The number of para-hydroxylation sites is 1. The summed E-state index contributed by atoms with van der Waals surface area (Å²) in [5, 5.41) is 6.00. The Bertz CT molecular complexity index is 728. The van der Waals surface area contributed by atoms with Crippen molar-refractivity contribution < 1.29 is 9.59 Å². The molecule has 0 unspecified atom stereocenters. The van der Waals surface area contributed by atoms with Gasteiger partial charge in [0.2, 0.25) is 0 Å². The van der Waals surface area contributed by atoms with Gasteiger partial charge >= 0.3 is 0 Å². The van der Waals surface area contributed by atoms with Gasteiger partial charge in [0.15, 0.2) is 0 Å². The van der Waals surface area contributed by atoms with Crippen molar-refractivity contribution in [2.24, 2.45) is 0 Å². The Morgan fingerprint density at radius 3 is 2.35 bits per heavy atom. The molecule has 0 saturated carbocycles. The molecule has 5 nitrogen and oxygen atoms in total. The first-order valence-corrected chi connectivity index (χ1v) is 7.66. The molecule has 0 saturated heterocycles. The van der Waals surface area contributed by atoms with Crippen molar-refractivity contribution in [2.45, 2.75) is 19.9 Å². The number of hydrogen-bond acceptors (Lipinski definition) is 3. The van der Waals surface area contributed by atoms with Gasteiger partial charge in [0.1, 0.15) is 5.69 Å². The molecule has 0 atom stereocenters. The van der Waals surface area contributed by atoms with Crippen LogP contribution >= 0.6 is 23.2 Å². The van der Waals surface area contributed by atoms with Crippen molar-refractivity contribution in [1.29, 1.82) is 0 Å². The van der Waals surface area contributed by atoms with E-state index >= 15 is 0 Å². The molecule has 0 fully saturated rings. The molecule has 0 bridgehead atoms. The molecule has 120 valence electrons. The smallest absolute Gasteiger partial charge is 0.274 e. The van der Waals surface area contributed by atoms with Crippen molar-refractivity contribution in [3.63, 3.8) is 0 Å². The van der Waals surface area contributed by atoms with E-state index in [4.69, 9.17) is 23.2 Å². The van der Waals surface area contributed by atoms with Gasteiger partial charge in [-0.2, -0.15) is 0 Å². The second-order valence-electron chi connectivity index (χ2n) is 5.11. The number of rotatable bonds is 4. The summed E-state index contributed by atoms with van der Waals surface area (Å²) in [5.41, 5.74) is 0.751. The number of hydrogen-bond donors (Lipinski definition) is 2. The Labute approximate surface area is 144 Å². The molecular weight excluding hydrogens is 337 g/mol. The minimum atomic E-state index is -0.501. The van der Waals surface area contributed by atoms with Crippen molar-refractivity contribution in [2.75, 3.05) is 5.32 Å². The Morgan fingerprint density at radius 1 is 1.09 bits per heavy atom. The average molecular weight is 352 g/mol. The number of amides is 2. The van der Waals surface area contributed by atoms with E-state index in [1.54, 1.807) is 18.2 Å². The van der Waals surface area contributed by atoms with E-state index in [2.05, 4.69) is 15.6 Å². The van der Waals surface area contributed by atoms with Crippen LogP contribution in [0.5, 0.6) is 0 Å². The van der Waals surface area contributed by atoms with Gasteiger partial charge in [-0.3, -0.25) is 14.6 Å². The van der Waals surface area contributed by atoms with Gasteiger partial charge in [0.25, 0.3) is 11.8 Å². The molecular formula is C16H15Cl2N3O2. The monoisotopic (exact) mass is 351 g/mol. The molecule has 23 heavy (non-hydrogen) atoms. The van der Waals surface area contributed by atoms with Crippen LogP contribution in [0.3, 0.4) is 0 Å². The maximum Gasteiger partial charge on any atom is 0.274 e. The third kappa shape index (κ3) is 4.43. The van der Waals surface area contributed by atoms with Crippen LogP contribution in [0.2, 0.25) is 10.0 Å². The summed E-state index contributed by atoms with van der Waals surface area (Å²) in [6.07, 6.45) is 1.40. The number of pyridine rings is 1. The summed E-state index contributed by atoms with van der Waals surface area (Å²) in [6.45, 7) is 3.71. The Balaban J connectivity index is 2.22. The van der Waals surface area contributed by atoms with Gasteiger partial charge < -0.3 is 10.6 Å². The molecule has 2 aromatic rings. The van der Waals surface area contributed by atoms with Gasteiger partial charge in [-0.1, -0.05) is 29.3 Å². The highest BCUT2D eigenvalue weighted by Gasteiger charge is 2.15. The number of nitrogens with zero attached hydrogens (tertiary/aromatic N) is 1. The number of carbonyl (C=O) groups excluding carboxylic acids is 2. The van der Waals surface area contributed by atoms with Gasteiger partial charge in [0, 0.05) is 17.8 Å². The van der Waals surface area contributed by atoms with Gasteiger partial charge in [0.05, 0.1) is 15.7 Å². The molecule has 0 spiro atoms. The Morgan fingerprint density at radius 2 is 1.74 bits per heavy atom. The third-order valence-corrected chi connectivity index (χ3v) is 3.51. The highest BCUT2D eigenvalue weighted by molar-refractivity contribution is 6.40. The molecule has 0 aliphatic rings. The molecule has 1 aromatic heterocycles. The quantitative estimate of drug-likeness (QED) is 0.880. The van der Waals surface area contributed by atoms with Crippen molar-refractivity contribution in [1.82, 2.24) is 10.3 Å². The number of nitrogens with one attached hydrogen (secondary N) is 2. The van der Waals surface area contributed by atoms with E-state index in [-0.39, 0.29) is 17.6 Å². The average Bonchev–Trinajstić information content (AvgIpc) is 2.50.